The number of carbonyl (C=O) groups is 1. The molecule has 0 heterocycles. The van der Waals surface area contributed by atoms with Crippen molar-refractivity contribution < 1.29 is 9.53 Å². The van der Waals surface area contributed by atoms with Crippen LogP contribution in [-0.4, -0.2) is 12.6 Å². The molecule has 0 N–H and O–H groups in total. The molecule has 16 heavy (non-hydrogen) atoms. The molecule has 1 rings (SSSR count). The minimum Gasteiger partial charge on any atom is -0.466 e. The Morgan fingerprint density at radius 2 is 2.31 bits per heavy atom. The van der Waals surface area contributed by atoms with Crippen LogP contribution in [0, 0.1) is 14.9 Å². The first-order valence-electron chi connectivity index (χ1n) is 4.65. The summed E-state index contributed by atoms with van der Waals surface area (Å²) in [5, 5.41) is 8.90. The van der Waals surface area contributed by atoms with Crippen molar-refractivity contribution in [2.24, 2.45) is 0 Å². The number of benzene rings is 1. The van der Waals surface area contributed by atoms with E-state index in [0.29, 0.717) is 17.1 Å². The van der Waals surface area contributed by atoms with Gasteiger partial charge in [-0.05, 0) is 47.2 Å². The lowest BCUT2D eigenvalue weighted by Gasteiger charge is -2.05. The summed E-state index contributed by atoms with van der Waals surface area (Å²) in [4.78, 5) is 12.0. The largest absolute Gasteiger partial charge is 0.466 e. The highest BCUT2D eigenvalue weighted by molar-refractivity contribution is 14.1. The van der Waals surface area contributed by atoms with E-state index < -0.39 is 0 Å². The van der Waals surface area contributed by atoms with E-state index in [4.69, 9.17) is 10.00 Å². The van der Waals surface area contributed by atoms with Gasteiger partial charge in [-0.2, -0.15) is 5.26 Å². The van der Waals surface area contributed by atoms with Crippen molar-refractivity contribution in [3.63, 3.8) is 0 Å². The van der Waals surface area contributed by atoms with Crippen LogP contribution in [-0.2, 0) is 16.0 Å². The maximum Gasteiger partial charge on any atom is 0.310 e. The molecule has 0 aliphatic heterocycles. The molecule has 0 aromatic heterocycles. The van der Waals surface area contributed by atoms with E-state index in [9.17, 15) is 4.79 Å². The predicted molar refractivity (Wildman–Crippen MR) is 71.5 cm³/mol. The number of rotatable bonds is 3. The number of ether oxygens (including phenoxy) is 1. The summed E-state index contributed by atoms with van der Waals surface area (Å²) in [6, 6.07) is 5.55. The molecule has 84 valence electrons. The summed E-state index contributed by atoms with van der Waals surface area (Å²) in [6.07, 6.45) is 0.174. The SMILES string of the molecule is CCOC(=O)Cc1cc(S)c(I)c(C#N)c1. The molecule has 0 saturated heterocycles. The quantitative estimate of drug-likeness (QED) is 0.519. The lowest BCUT2D eigenvalue weighted by atomic mass is 10.1. The van der Waals surface area contributed by atoms with Gasteiger partial charge in [0.25, 0.3) is 0 Å². The summed E-state index contributed by atoms with van der Waals surface area (Å²) >= 11 is 6.31. The first kappa shape index (κ1) is 13.3. The molecule has 0 radical (unpaired) electrons. The van der Waals surface area contributed by atoms with E-state index in [0.717, 1.165) is 9.13 Å². The van der Waals surface area contributed by atoms with E-state index in [1.165, 1.54) is 0 Å². The van der Waals surface area contributed by atoms with Crippen LogP contribution in [0.25, 0.3) is 0 Å². The Balaban J connectivity index is 2.95. The van der Waals surface area contributed by atoms with Gasteiger partial charge in [-0.15, -0.1) is 12.6 Å². The van der Waals surface area contributed by atoms with Gasteiger partial charge in [0.1, 0.15) is 6.07 Å². The molecule has 0 bridgehead atoms. The first-order chi connectivity index (χ1) is 7.58. The summed E-state index contributed by atoms with van der Waals surface area (Å²) in [5.74, 6) is -0.291. The van der Waals surface area contributed by atoms with Gasteiger partial charge >= 0.3 is 5.97 Å². The van der Waals surface area contributed by atoms with Crippen LogP contribution >= 0.6 is 35.2 Å². The number of esters is 1. The van der Waals surface area contributed by atoms with Crippen LogP contribution in [0.5, 0.6) is 0 Å². The van der Waals surface area contributed by atoms with Crippen LogP contribution in [0.4, 0.5) is 0 Å². The van der Waals surface area contributed by atoms with Crippen molar-refractivity contribution in [3.05, 3.63) is 26.8 Å². The standard InChI is InChI=1S/C11H10INO2S/c1-2-15-10(14)5-7-3-8(6-13)11(12)9(16)4-7/h3-4,16H,2,5H2,1H3. The second-order valence-corrected chi connectivity index (χ2v) is 4.63. The maximum atomic E-state index is 11.3. The summed E-state index contributed by atoms with van der Waals surface area (Å²) in [6.45, 7) is 2.12. The molecule has 1 aromatic carbocycles. The third kappa shape index (κ3) is 3.39. The molecular weight excluding hydrogens is 337 g/mol. The number of hydrogen-bond acceptors (Lipinski definition) is 4. The van der Waals surface area contributed by atoms with E-state index in [1.807, 2.05) is 0 Å². The van der Waals surface area contributed by atoms with Gasteiger partial charge in [0.05, 0.1) is 18.6 Å². The first-order valence-corrected chi connectivity index (χ1v) is 6.18. The van der Waals surface area contributed by atoms with Gasteiger partial charge in [-0.1, -0.05) is 0 Å². The Kier molecular flexibility index (Phi) is 5.09. The van der Waals surface area contributed by atoms with E-state index in [-0.39, 0.29) is 12.4 Å². The molecule has 0 spiro atoms. The molecule has 0 amide bonds. The Bertz CT molecular complexity index is 454. The van der Waals surface area contributed by atoms with Gasteiger partial charge < -0.3 is 4.74 Å². The number of nitrogens with zero attached hydrogens (tertiary/aromatic N) is 1. The minimum absolute atomic E-state index is 0.174. The Morgan fingerprint density at radius 3 is 2.88 bits per heavy atom. The summed E-state index contributed by atoms with van der Waals surface area (Å²) in [5.41, 5.74) is 1.29. The fourth-order valence-electron chi connectivity index (χ4n) is 1.23. The van der Waals surface area contributed by atoms with E-state index >= 15 is 0 Å². The van der Waals surface area contributed by atoms with Crippen molar-refractivity contribution in [1.29, 1.82) is 5.26 Å². The Hall–Kier alpha value is -0.740. The Labute approximate surface area is 113 Å². The zero-order valence-electron chi connectivity index (χ0n) is 8.66. The molecule has 3 nitrogen and oxygen atoms in total. The van der Waals surface area contributed by atoms with Crippen molar-refractivity contribution >= 4 is 41.2 Å². The number of carbonyl (C=O) groups excluding carboxylic acids is 1. The molecule has 0 atom stereocenters. The lowest BCUT2D eigenvalue weighted by molar-refractivity contribution is -0.142. The van der Waals surface area contributed by atoms with Crippen LogP contribution in [0.15, 0.2) is 17.0 Å². The van der Waals surface area contributed by atoms with Gasteiger partial charge in [-0.25, -0.2) is 0 Å². The van der Waals surface area contributed by atoms with Gasteiger partial charge in [0, 0.05) is 8.47 Å². The fourth-order valence-corrected chi connectivity index (χ4v) is 1.95. The smallest absolute Gasteiger partial charge is 0.310 e. The molecule has 0 aliphatic carbocycles. The van der Waals surface area contributed by atoms with Crippen LogP contribution in [0.2, 0.25) is 0 Å². The second kappa shape index (κ2) is 6.11. The van der Waals surface area contributed by atoms with E-state index in [1.54, 1.807) is 19.1 Å². The third-order valence-electron chi connectivity index (χ3n) is 1.89. The number of hydrogen-bond donors (Lipinski definition) is 1. The predicted octanol–water partition coefficient (Wildman–Crippen LogP) is 2.56. The van der Waals surface area contributed by atoms with Gasteiger partial charge in [-0.3, -0.25) is 4.79 Å². The third-order valence-corrected chi connectivity index (χ3v) is 3.83. The van der Waals surface area contributed by atoms with Crippen molar-refractivity contribution in [2.45, 2.75) is 18.2 Å². The van der Waals surface area contributed by atoms with Crippen molar-refractivity contribution in [3.8, 4) is 6.07 Å². The van der Waals surface area contributed by atoms with Crippen molar-refractivity contribution in [2.75, 3.05) is 6.61 Å². The average Bonchev–Trinajstić information content (AvgIpc) is 2.23. The van der Waals surface area contributed by atoms with Crippen LogP contribution in [0.1, 0.15) is 18.1 Å². The number of thiol groups is 1. The zero-order chi connectivity index (χ0) is 12.1. The molecular formula is C11H10INO2S. The topological polar surface area (TPSA) is 50.1 Å². The maximum absolute atomic E-state index is 11.3. The minimum atomic E-state index is -0.291. The highest BCUT2D eigenvalue weighted by atomic mass is 127. The second-order valence-electron chi connectivity index (χ2n) is 3.07. The van der Waals surface area contributed by atoms with E-state index in [2.05, 4.69) is 41.3 Å². The van der Waals surface area contributed by atoms with Gasteiger partial charge in [0.2, 0.25) is 0 Å². The molecule has 0 unspecified atom stereocenters. The van der Waals surface area contributed by atoms with Crippen molar-refractivity contribution in [1.82, 2.24) is 0 Å². The lowest BCUT2D eigenvalue weighted by Crippen LogP contribution is -2.08. The Morgan fingerprint density at radius 1 is 1.62 bits per heavy atom. The molecule has 0 saturated carbocycles. The average molecular weight is 347 g/mol. The molecule has 1 aromatic rings. The molecule has 5 heteroatoms. The monoisotopic (exact) mass is 347 g/mol. The van der Waals surface area contributed by atoms with Crippen LogP contribution < -0.4 is 0 Å². The number of halogens is 1. The van der Waals surface area contributed by atoms with Gasteiger partial charge in [0.15, 0.2) is 0 Å². The zero-order valence-corrected chi connectivity index (χ0v) is 11.7. The molecule has 0 aliphatic rings. The van der Waals surface area contributed by atoms with Crippen LogP contribution in [0.3, 0.4) is 0 Å². The molecule has 0 fully saturated rings. The highest BCUT2D eigenvalue weighted by Crippen LogP contribution is 2.22. The number of nitriles is 1. The normalized spacial score (nSPS) is 9.62. The summed E-state index contributed by atoms with van der Waals surface area (Å²) in [7, 11) is 0. The fraction of sp³-hybridized carbons (Fsp3) is 0.273. The summed E-state index contributed by atoms with van der Waals surface area (Å²) < 4.78 is 5.64. The highest BCUT2D eigenvalue weighted by Gasteiger charge is 2.09.